The molecule has 152 valence electrons. The van der Waals surface area contributed by atoms with Gasteiger partial charge in [-0.15, -0.1) is 0 Å². The zero-order valence-corrected chi connectivity index (χ0v) is 15.5. The molecule has 0 spiro atoms. The maximum atomic E-state index is 12.6. The second-order valence-corrected chi connectivity index (χ2v) is 7.47. The van der Waals surface area contributed by atoms with E-state index in [2.05, 4.69) is 9.05 Å². The summed E-state index contributed by atoms with van der Waals surface area (Å²) in [6.07, 6.45) is -5.08. The van der Waals surface area contributed by atoms with Crippen molar-refractivity contribution >= 4 is 13.3 Å². The van der Waals surface area contributed by atoms with Crippen molar-refractivity contribution < 1.29 is 41.2 Å². The number of hydrogen-bond acceptors (Lipinski definition) is 7. The number of alkyl halides is 3. The van der Waals surface area contributed by atoms with Crippen molar-refractivity contribution in [3.63, 3.8) is 0 Å². The van der Waals surface area contributed by atoms with Crippen LogP contribution >= 0.6 is 7.60 Å². The molecule has 0 unspecified atom stereocenters. The van der Waals surface area contributed by atoms with Gasteiger partial charge in [-0.05, 0) is 30.3 Å². The zero-order valence-electron chi connectivity index (χ0n) is 14.6. The van der Waals surface area contributed by atoms with E-state index < -0.39 is 36.3 Å². The van der Waals surface area contributed by atoms with Crippen LogP contribution in [0.4, 0.5) is 18.9 Å². The summed E-state index contributed by atoms with van der Waals surface area (Å²) in [5, 5.41) is 11.1. The molecule has 0 saturated carbocycles. The average molecular weight is 421 g/mol. The Morgan fingerprint density at radius 1 is 1.04 bits per heavy atom. The predicted molar refractivity (Wildman–Crippen MR) is 91.7 cm³/mol. The van der Waals surface area contributed by atoms with E-state index in [9.17, 15) is 27.9 Å². The van der Waals surface area contributed by atoms with Crippen LogP contribution in [0.2, 0.25) is 0 Å². The van der Waals surface area contributed by atoms with Crippen LogP contribution in [0.5, 0.6) is 17.2 Å². The van der Waals surface area contributed by atoms with Gasteiger partial charge in [-0.2, -0.15) is 13.2 Å². The lowest BCUT2D eigenvalue weighted by molar-refractivity contribution is -0.385. The molecule has 2 aromatic carbocycles. The summed E-state index contributed by atoms with van der Waals surface area (Å²) in [4.78, 5) is 10.4. The van der Waals surface area contributed by atoms with Crippen LogP contribution in [-0.2, 0) is 19.8 Å². The second-order valence-electron chi connectivity index (χ2n) is 5.26. The number of hydrogen-bond donors (Lipinski definition) is 0. The average Bonchev–Trinajstić information content (AvgIpc) is 2.65. The van der Waals surface area contributed by atoms with Gasteiger partial charge < -0.3 is 18.5 Å². The van der Waals surface area contributed by atoms with Gasteiger partial charge in [-0.25, -0.2) is 0 Å². The highest BCUT2D eigenvalue weighted by atomic mass is 31.2. The molecule has 0 aliphatic carbocycles. The lowest BCUT2D eigenvalue weighted by Gasteiger charge is -2.15. The number of nitro benzene ring substituents is 1. The van der Waals surface area contributed by atoms with E-state index in [1.807, 2.05) is 0 Å². The van der Waals surface area contributed by atoms with Gasteiger partial charge in [0.2, 0.25) is 5.75 Å². The van der Waals surface area contributed by atoms with Crippen LogP contribution in [0.3, 0.4) is 0 Å². The third kappa shape index (κ3) is 5.44. The molecule has 0 aliphatic heterocycles. The molecule has 2 aromatic rings. The van der Waals surface area contributed by atoms with Gasteiger partial charge in [0.05, 0.1) is 10.5 Å². The summed E-state index contributed by atoms with van der Waals surface area (Å²) in [5.41, 5.74) is -1.28. The van der Waals surface area contributed by atoms with Crippen molar-refractivity contribution in [2.75, 3.05) is 20.6 Å². The molecule has 28 heavy (non-hydrogen) atoms. The van der Waals surface area contributed by atoms with Gasteiger partial charge in [-0.3, -0.25) is 14.7 Å². The first kappa shape index (κ1) is 21.7. The van der Waals surface area contributed by atoms with Crippen molar-refractivity contribution in [1.82, 2.24) is 0 Å². The maximum Gasteiger partial charge on any atom is 0.416 e. The van der Waals surface area contributed by atoms with Crippen molar-refractivity contribution in [1.29, 1.82) is 0 Å². The van der Waals surface area contributed by atoms with Gasteiger partial charge in [0.1, 0.15) is 11.5 Å². The smallest absolute Gasteiger partial charge is 0.416 e. The van der Waals surface area contributed by atoms with E-state index in [1.54, 1.807) is 0 Å². The Morgan fingerprint density at radius 2 is 1.61 bits per heavy atom. The van der Waals surface area contributed by atoms with Crippen molar-refractivity contribution in [2.45, 2.75) is 6.18 Å². The third-order valence-corrected chi connectivity index (χ3v) is 5.04. The summed E-state index contributed by atoms with van der Waals surface area (Å²) in [6, 6.07) is 7.36. The molecule has 8 nitrogen and oxygen atoms in total. The molecular weight excluding hydrogens is 406 g/mol. The van der Waals surface area contributed by atoms with Gasteiger partial charge in [0.15, 0.2) is 6.35 Å². The number of halogens is 3. The lowest BCUT2D eigenvalue weighted by atomic mass is 10.2. The molecule has 0 bridgehead atoms. The fraction of sp³-hybridized carbons (Fsp3) is 0.250. The largest absolute Gasteiger partial charge is 0.474 e. The lowest BCUT2D eigenvalue weighted by Crippen LogP contribution is -2.04. The highest BCUT2D eigenvalue weighted by Crippen LogP contribution is 2.47. The van der Waals surface area contributed by atoms with Crippen LogP contribution in [0.1, 0.15) is 5.56 Å². The molecule has 0 saturated heterocycles. The minimum Gasteiger partial charge on any atom is -0.474 e. The first-order valence-corrected chi connectivity index (χ1v) is 9.27. The first-order chi connectivity index (χ1) is 13.1. The summed E-state index contributed by atoms with van der Waals surface area (Å²) in [7, 11) is -1.33. The normalized spacial score (nSPS) is 11.9. The minimum atomic E-state index is -4.48. The fourth-order valence-electron chi connectivity index (χ4n) is 2.00. The Morgan fingerprint density at radius 3 is 2.11 bits per heavy atom. The topological polar surface area (TPSA) is 97.1 Å². The minimum absolute atomic E-state index is 0.0602. The molecule has 0 aliphatic rings. The molecule has 0 atom stereocenters. The van der Waals surface area contributed by atoms with Crippen LogP contribution in [0.25, 0.3) is 0 Å². The molecule has 2 rings (SSSR count). The van der Waals surface area contributed by atoms with Gasteiger partial charge in [0, 0.05) is 26.4 Å². The summed E-state index contributed by atoms with van der Waals surface area (Å²) >= 11 is 0. The van der Waals surface area contributed by atoms with Crippen LogP contribution in [0.15, 0.2) is 42.5 Å². The Balaban J connectivity index is 2.24. The van der Waals surface area contributed by atoms with E-state index in [0.29, 0.717) is 0 Å². The SMILES string of the molecule is COP(=O)(COc1cc(Oc2ccc(C(F)(F)F)cc2)ccc1[N+](=O)[O-])OC. The van der Waals surface area contributed by atoms with Crippen molar-refractivity contribution in [2.24, 2.45) is 0 Å². The van der Waals surface area contributed by atoms with E-state index in [1.165, 1.54) is 6.07 Å². The first-order valence-electron chi connectivity index (χ1n) is 7.55. The molecule has 0 radical (unpaired) electrons. The van der Waals surface area contributed by atoms with Gasteiger partial charge in [0.25, 0.3) is 0 Å². The fourth-order valence-corrected chi connectivity index (χ4v) is 2.66. The Bertz CT molecular complexity index is 879. The highest BCUT2D eigenvalue weighted by Gasteiger charge is 2.30. The quantitative estimate of drug-likeness (QED) is 0.327. The number of ether oxygens (including phenoxy) is 2. The maximum absolute atomic E-state index is 12.6. The number of nitro groups is 1. The molecule has 0 fully saturated rings. The zero-order chi connectivity index (χ0) is 20.9. The van der Waals surface area contributed by atoms with Gasteiger partial charge in [-0.1, -0.05) is 0 Å². The van der Waals surface area contributed by atoms with E-state index in [-0.39, 0.29) is 17.2 Å². The summed E-state index contributed by atoms with van der Waals surface area (Å²) in [5.74, 6) is -0.138. The van der Waals surface area contributed by atoms with Crippen LogP contribution < -0.4 is 9.47 Å². The van der Waals surface area contributed by atoms with E-state index in [4.69, 9.17) is 9.47 Å². The predicted octanol–water partition coefficient (Wildman–Crippen LogP) is 5.23. The monoisotopic (exact) mass is 421 g/mol. The second kappa shape index (κ2) is 8.59. The summed E-state index contributed by atoms with van der Waals surface area (Å²) in [6.45, 7) is 0. The molecule has 0 amide bonds. The Hall–Kier alpha value is -2.62. The molecule has 0 aromatic heterocycles. The number of nitrogens with zero attached hydrogens (tertiary/aromatic N) is 1. The standard InChI is InChI=1S/C16H15F3NO7P/c1-24-28(23,25-2)10-26-15-9-13(7-8-14(15)20(21)22)27-12-5-3-11(4-6-12)16(17,18)19/h3-9H,10H2,1-2H3. The summed E-state index contributed by atoms with van der Waals surface area (Å²) < 4.78 is 69.8. The van der Waals surface area contributed by atoms with Crippen LogP contribution in [0, 0.1) is 10.1 Å². The van der Waals surface area contributed by atoms with Crippen molar-refractivity contribution in [3.05, 3.63) is 58.1 Å². The molecular formula is C16H15F3NO7P. The van der Waals surface area contributed by atoms with E-state index in [0.717, 1.165) is 50.6 Å². The molecule has 12 heteroatoms. The Labute approximate surface area is 157 Å². The van der Waals surface area contributed by atoms with E-state index >= 15 is 0 Å². The number of rotatable bonds is 8. The van der Waals surface area contributed by atoms with Crippen LogP contribution in [-0.4, -0.2) is 25.5 Å². The molecule has 0 heterocycles. The third-order valence-electron chi connectivity index (χ3n) is 3.48. The van der Waals surface area contributed by atoms with Gasteiger partial charge >= 0.3 is 19.5 Å². The Kier molecular flexibility index (Phi) is 6.65. The number of benzene rings is 2. The molecule has 0 N–H and O–H groups in total. The van der Waals surface area contributed by atoms with Crippen molar-refractivity contribution in [3.8, 4) is 17.2 Å². The highest BCUT2D eigenvalue weighted by molar-refractivity contribution is 7.53.